The van der Waals surface area contributed by atoms with E-state index in [-0.39, 0.29) is 0 Å². The molecule has 15 aromatic rings. The van der Waals surface area contributed by atoms with Crippen LogP contribution in [-0.2, 0) is 35.2 Å². The third-order valence-electron chi connectivity index (χ3n) is 19.0. The molecule has 4 N–H and O–H groups in total. The Morgan fingerprint density at radius 1 is 0.368 bits per heavy atom. The summed E-state index contributed by atoms with van der Waals surface area (Å²) in [5.74, 6) is 11.1. The summed E-state index contributed by atoms with van der Waals surface area (Å²) in [6.07, 6.45) is 45.8. The number of furan rings is 2. The van der Waals surface area contributed by atoms with E-state index in [0.29, 0.717) is 89.0 Å². The predicted molar refractivity (Wildman–Crippen MR) is 536 cm³/mol. The van der Waals surface area contributed by atoms with Crippen molar-refractivity contribution in [3.63, 3.8) is 0 Å². The molecule has 19 nitrogen and oxygen atoms in total. The van der Waals surface area contributed by atoms with Crippen LogP contribution >= 0.6 is 22.7 Å². The first-order valence-electron chi connectivity index (χ1n) is 44.7. The lowest BCUT2D eigenvalue weighted by Crippen LogP contribution is -1.98. The van der Waals surface area contributed by atoms with Gasteiger partial charge >= 0.3 is 0 Å². The zero-order chi connectivity index (χ0) is 94.1. The highest BCUT2D eigenvalue weighted by molar-refractivity contribution is 7.10. The Labute approximate surface area is 764 Å². The predicted octanol–water partition coefficient (Wildman–Crippen LogP) is 30.4. The zero-order valence-corrected chi connectivity index (χ0v) is 84.9. The van der Waals surface area contributed by atoms with Gasteiger partial charge in [-0.05, 0) is 204 Å². The van der Waals surface area contributed by atoms with E-state index in [4.69, 9.17) is 8.83 Å². The number of hydrogen-bond donors (Lipinski definition) is 4. The number of aryl methyl sites for hydroxylation is 5. The van der Waals surface area contributed by atoms with Crippen molar-refractivity contribution in [2.24, 2.45) is 35.2 Å². The molecule has 0 bridgehead atoms. The molecule has 0 amide bonds. The third-order valence-corrected chi connectivity index (χ3v) is 20.8. The van der Waals surface area contributed by atoms with Crippen LogP contribution in [0, 0.1) is 0 Å². The highest BCUT2D eigenvalue weighted by Crippen LogP contribution is 2.22. The van der Waals surface area contributed by atoms with E-state index in [0.717, 1.165) is 23.1 Å². The van der Waals surface area contributed by atoms with Crippen molar-refractivity contribution in [2.45, 2.75) is 297 Å². The molecule has 0 saturated carbocycles. The molecule has 15 rings (SSSR count). The normalized spacial score (nSPS) is 10.5. The number of nitrogens with one attached hydrogen (secondary N) is 4. The number of rotatable bonds is 15. The first kappa shape index (κ1) is 113. The zero-order valence-electron chi connectivity index (χ0n) is 83.3. The summed E-state index contributed by atoms with van der Waals surface area (Å²) >= 11 is 3.60. The SMILES string of the molecule is CC(C)c1cc[nH]c1.CC(C)c1ccc[nH]1.CC(C)c1cccn1C.CC(C)c1ccco1.CC(C)c1cccs1.CC(C)c1ccn(C)c1.CC(C)c1ccoc1.CC(C)c1ccsc1.CC(C)c1cn(C)cn1.CC(C)c1cnc[nH]1.CC(C)c1cncn1C.CC(C)c1ncc[nH]1.CC(C)c1nccn1C.CC(C)n1cccc1.CC(C)n1ccnc1. The summed E-state index contributed by atoms with van der Waals surface area (Å²) in [6, 6.07) is 30.2. The van der Waals surface area contributed by atoms with Crippen molar-refractivity contribution in [1.82, 2.24) is 81.8 Å². The molecule has 0 fully saturated rings. The van der Waals surface area contributed by atoms with Crippen molar-refractivity contribution in [1.29, 1.82) is 0 Å². The van der Waals surface area contributed by atoms with Gasteiger partial charge in [0.05, 0.1) is 49.8 Å². The number of aromatic nitrogens is 17. The van der Waals surface area contributed by atoms with Gasteiger partial charge in [0, 0.05) is 198 Å². The molecular formula is C104H165N17O2S2. The van der Waals surface area contributed by atoms with Crippen molar-refractivity contribution in [2.75, 3.05) is 0 Å². The standard InChI is InChI=1S/2C8H13N.3C7H12N2.3C7H11N.2C7H10O.2C7H10S.3C6H10N2/c1-7(2)8-4-5-9(3)6-8;1-7(2)8-5-4-6-9(8)3;1-6(2)7-4-9(3)5-8-7;1-6(2)7-4-8-5-9(7)3;1-6(2)7-8-4-5-9(7)3;1-6(2)7-3-4-8-5-7;1-7(2)8-5-3-4-6-8;1-6(2)7-4-3-5-8-7;1-6(2)7-3-4-8-5-7;1-6(2)7-4-3-5-8-7;1-6(2)7-3-4-8-5-7;1-6(2)7-4-3-5-8-7;1-5(2)6-3-7-4-8-6;1-6(2)8-4-3-7-5-8;1-5(2)6-7-3-4-8-6/h2*4-7H,1-3H3;3*4-6H,1-3H3;3-6,8H,1-2H3;3-7H,1-2H3;3-6,8H,1-2H3;4*3-6H,1-2H3;3-5H,1-2H3,(H,7,8);3-6H,1-2H3;3-5H,1-2H3,(H,7,8). The molecule has 0 aliphatic carbocycles. The van der Waals surface area contributed by atoms with Gasteiger partial charge in [0.1, 0.15) is 17.4 Å². The average molecular weight is 1750 g/mol. The van der Waals surface area contributed by atoms with Crippen LogP contribution in [0.1, 0.15) is 370 Å². The number of hydrogen-bond acceptors (Lipinski definition) is 10. The molecule has 0 radical (unpaired) electrons. The maximum absolute atomic E-state index is 5.09. The van der Waals surface area contributed by atoms with E-state index >= 15 is 0 Å². The van der Waals surface area contributed by atoms with Gasteiger partial charge in [-0.25, -0.2) is 29.9 Å². The second kappa shape index (κ2) is 64.4. The minimum atomic E-state index is 0.519. The molecule has 125 heavy (non-hydrogen) atoms. The average Bonchev–Trinajstić information content (AvgIpc) is 1.78. The van der Waals surface area contributed by atoms with Crippen LogP contribution in [0.25, 0.3) is 0 Å². The number of imidazole rings is 6. The Bertz CT molecular complexity index is 3930. The molecule has 0 aromatic carbocycles. The van der Waals surface area contributed by atoms with Crippen molar-refractivity contribution < 1.29 is 8.83 Å². The molecule has 0 aliphatic heterocycles. The van der Waals surface area contributed by atoms with Crippen LogP contribution in [0.2, 0.25) is 0 Å². The fourth-order valence-corrected chi connectivity index (χ4v) is 12.4. The Morgan fingerprint density at radius 3 is 1.26 bits per heavy atom. The van der Waals surface area contributed by atoms with Crippen molar-refractivity contribution >= 4 is 22.7 Å². The van der Waals surface area contributed by atoms with Gasteiger partial charge in [0.25, 0.3) is 0 Å². The Morgan fingerprint density at radius 2 is 1.02 bits per heavy atom. The molecule has 21 heteroatoms. The molecule has 0 unspecified atom stereocenters. The quantitative estimate of drug-likeness (QED) is 0.0776. The Kier molecular flexibility index (Phi) is 58.0. The van der Waals surface area contributed by atoms with Crippen LogP contribution in [0.15, 0.2) is 259 Å². The van der Waals surface area contributed by atoms with E-state index in [1.165, 1.54) is 49.9 Å². The lowest BCUT2D eigenvalue weighted by Gasteiger charge is -2.04. The van der Waals surface area contributed by atoms with E-state index in [2.05, 4.69) is 379 Å². The van der Waals surface area contributed by atoms with Crippen LogP contribution in [0.5, 0.6) is 0 Å². The van der Waals surface area contributed by atoms with Crippen LogP contribution in [-0.4, -0.2) is 81.8 Å². The molecule has 0 spiro atoms. The second-order valence-electron chi connectivity index (χ2n) is 35.2. The van der Waals surface area contributed by atoms with Gasteiger partial charge in [-0.15, -0.1) is 11.3 Å². The molecule has 15 heterocycles. The second-order valence-corrected chi connectivity index (χ2v) is 36.9. The summed E-state index contributed by atoms with van der Waals surface area (Å²) < 4.78 is 24.5. The van der Waals surface area contributed by atoms with Gasteiger partial charge in [-0.1, -0.05) is 186 Å². The minimum Gasteiger partial charge on any atom is -0.472 e. The van der Waals surface area contributed by atoms with Gasteiger partial charge in [-0.2, -0.15) is 11.3 Å². The number of thiophene rings is 2. The fraction of sp³-hybridized carbons (Fsp3) is 0.481. The van der Waals surface area contributed by atoms with Crippen LogP contribution in [0.3, 0.4) is 0 Å². The molecule has 690 valence electrons. The molecule has 0 atom stereocenters. The summed E-state index contributed by atoms with van der Waals surface area (Å²) in [5, 5.41) is 6.44. The summed E-state index contributed by atoms with van der Waals surface area (Å²) in [4.78, 5) is 37.9. The van der Waals surface area contributed by atoms with Crippen molar-refractivity contribution in [3.8, 4) is 0 Å². The number of nitrogens with zero attached hydrogens (tertiary/aromatic N) is 13. The van der Waals surface area contributed by atoms with Gasteiger partial charge in [0.15, 0.2) is 0 Å². The van der Waals surface area contributed by atoms with E-state index in [9.17, 15) is 0 Å². The van der Waals surface area contributed by atoms with Gasteiger partial charge in [0.2, 0.25) is 0 Å². The minimum absolute atomic E-state index is 0.519. The fourth-order valence-electron chi connectivity index (χ4n) is 10.8. The molecule has 0 saturated heterocycles. The Balaban J connectivity index is 0.000000670. The summed E-state index contributed by atoms with van der Waals surface area (Å²) in [7, 11) is 10.1. The van der Waals surface area contributed by atoms with Gasteiger partial charge < -0.3 is 60.7 Å². The van der Waals surface area contributed by atoms with Crippen LogP contribution < -0.4 is 0 Å². The number of H-pyrrole nitrogens is 4. The maximum Gasteiger partial charge on any atom is 0.110 e. The van der Waals surface area contributed by atoms with Gasteiger partial charge in [-0.3, -0.25) is 0 Å². The summed E-state index contributed by atoms with van der Waals surface area (Å²) in [5.41, 5.74) is 11.9. The highest BCUT2D eigenvalue weighted by atomic mass is 32.1. The molecule has 15 aromatic heterocycles. The summed E-state index contributed by atoms with van der Waals surface area (Å²) in [6.45, 7) is 64.8. The lowest BCUT2D eigenvalue weighted by atomic mass is 10.1. The third kappa shape index (κ3) is 50.4. The largest absolute Gasteiger partial charge is 0.472 e. The maximum atomic E-state index is 5.09. The topological polar surface area (TPSA) is 201 Å². The first-order valence-corrected chi connectivity index (χ1v) is 46.5. The number of aromatic amines is 4. The van der Waals surface area contributed by atoms with Crippen molar-refractivity contribution in [3.05, 3.63) is 324 Å². The lowest BCUT2D eigenvalue weighted by molar-refractivity contribution is 0.487. The molecular weight excluding hydrogens is 1580 g/mol. The smallest absolute Gasteiger partial charge is 0.110 e. The highest BCUT2D eigenvalue weighted by Gasteiger charge is 2.07. The molecule has 0 aliphatic rings. The van der Waals surface area contributed by atoms with Crippen LogP contribution in [0.4, 0.5) is 0 Å². The Hall–Kier alpha value is -10.4. The first-order chi connectivity index (χ1) is 59.1. The van der Waals surface area contributed by atoms with E-state index in [1.807, 2.05) is 171 Å². The van der Waals surface area contributed by atoms with E-state index in [1.54, 1.807) is 48.8 Å². The monoisotopic (exact) mass is 1750 g/mol. The van der Waals surface area contributed by atoms with E-state index < -0.39 is 0 Å².